The Morgan fingerprint density at radius 1 is 1.37 bits per heavy atom. The highest BCUT2D eigenvalue weighted by atomic mass is 32.2. The minimum absolute atomic E-state index is 0.184. The smallest absolute Gasteiger partial charge is 0.152 e. The third kappa shape index (κ3) is 2.66. The second-order valence-corrected chi connectivity index (χ2v) is 7.20. The van der Waals surface area contributed by atoms with E-state index >= 15 is 0 Å². The molecule has 0 spiro atoms. The van der Waals surface area contributed by atoms with E-state index in [1.54, 1.807) is 12.1 Å². The van der Waals surface area contributed by atoms with Crippen LogP contribution in [0.4, 0.5) is 4.39 Å². The van der Waals surface area contributed by atoms with Crippen molar-refractivity contribution in [1.82, 2.24) is 0 Å². The van der Waals surface area contributed by atoms with Gasteiger partial charge in [-0.05, 0) is 24.6 Å². The van der Waals surface area contributed by atoms with Gasteiger partial charge < -0.3 is 10.5 Å². The molecular formula is C13H18FNO3S. The van der Waals surface area contributed by atoms with Crippen molar-refractivity contribution in [3.8, 4) is 0 Å². The molecule has 1 aliphatic carbocycles. The normalized spacial score (nSPS) is 30.3. The van der Waals surface area contributed by atoms with Gasteiger partial charge in [0.25, 0.3) is 0 Å². The van der Waals surface area contributed by atoms with Crippen LogP contribution in [0, 0.1) is 5.82 Å². The molecule has 4 nitrogen and oxygen atoms in total. The molecule has 0 aromatic heterocycles. The molecule has 0 bridgehead atoms. The SMILES string of the molecule is CCOC[C@]1(N)[C@H](c2ccc(F)cc2)[C@H]1S(C)(=O)=O. The Morgan fingerprint density at radius 3 is 2.42 bits per heavy atom. The molecule has 3 atom stereocenters. The van der Waals surface area contributed by atoms with Crippen LogP contribution in [0.5, 0.6) is 0 Å². The predicted octanol–water partition coefficient (Wildman–Crippen LogP) is 1.07. The second-order valence-electron chi connectivity index (χ2n) is 5.03. The lowest BCUT2D eigenvalue weighted by Gasteiger charge is -2.11. The molecule has 0 unspecified atom stereocenters. The maximum absolute atomic E-state index is 12.9. The molecule has 0 radical (unpaired) electrons. The first-order chi connectivity index (χ1) is 8.80. The summed E-state index contributed by atoms with van der Waals surface area (Å²) < 4.78 is 41.8. The zero-order valence-electron chi connectivity index (χ0n) is 11.0. The summed E-state index contributed by atoms with van der Waals surface area (Å²) >= 11 is 0. The summed E-state index contributed by atoms with van der Waals surface area (Å²) in [6, 6.07) is 5.79. The summed E-state index contributed by atoms with van der Waals surface area (Å²) in [6.07, 6.45) is 1.18. The summed E-state index contributed by atoms with van der Waals surface area (Å²) in [7, 11) is -3.27. The first kappa shape index (κ1) is 14.4. The fraction of sp³-hybridized carbons (Fsp3) is 0.538. The van der Waals surface area contributed by atoms with E-state index < -0.39 is 20.6 Å². The molecule has 1 fully saturated rings. The number of benzene rings is 1. The van der Waals surface area contributed by atoms with Gasteiger partial charge in [-0.15, -0.1) is 0 Å². The van der Waals surface area contributed by atoms with E-state index in [0.717, 1.165) is 5.56 Å². The summed E-state index contributed by atoms with van der Waals surface area (Å²) in [6.45, 7) is 2.49. The number of hydrogen-bond donors (Lipinski definition) is 1. The molecule has 1 saturated carbocycles. The van der Waals surface area contributed by atoms with Crippen molar-refractivity contribution in [3.05, 3.63) is 35.6 Å². The van der Waals surface area contributed by atoms with Gasteiger partial charge in [0.2, 0.25) is 0 Å². The first-order valence-corrected chi connectivity index (χ1v) is 8.07. The van der Waals surface area contributed by atoms with Crippen LogP contribution in [0.2, 0.25) is 0 Å². The largest absolute Gasteiger partial charge is 0.380 e. The van der Waals surface area contributed by atoms with E-state index in [2.05, 4.69) is 0 Å². The minimum atomic E-state index is -3.27. The molecule has 0 heterocycles. The first-order valence-electron chi connectivity index (χ1n) is 6.11. The standard InChI is InChI=1S/C13H18FNO3S/c1-3-18-8-13(15)11(12(13)19(2,16)17)9-4-6-10(14)7-5-9/h4-7,11-12H,3,8,15H2,1-2H3/t11-,12-,13+/m1/s1. The maximum Gasteiger partial charge on any atom is 0.152 e. The molecule has 1 aromatic carbocycles. The third-order valence-corrected chi connectivity index (χ3v) is 5.18. The molecule has 0 amide bonds. The Morgan fingerprint density at radius 2 is 1.95 bits per heavy atom. The predicted molar refractivity (Wildman–Crippen MR) is 71.2 cm³/mol. The highest BCUT2D eigenvalue weighted by Gasteiger charge is 2.68. The van der Waals surface area contributed by atoms with Crippen LogP contribution in [-0.4, -0.2) is 38.7 Å². The average Bonchev–Trinajstić information content (AvgIpc) is 2.95. The Balaban J connectivity index is 2.30. The lowest BCUT2D eigenvalue weighted by molar-refractivity contribution is 0.125. The van der Waals surface area contributed by atoms with Gasteiger partial charge >= 0.3 is 0 Å². The molecule has 1 aliphatic rings. The lowest BCUT2D eigenvalue weighted by atomic mass is 10.1. The second kappa shape index (κ2) is 4.85. The van der Waals surface area contributed by atoms with Crippen LogP contribution in [0.15, 0.2) is 24.3 Å². The summed E-state index contributed by atoms with van der Waals surface area (Å²) in [5.41, 5.74) is 6.00. The summed E-state index contributed by atoms with van der Waals surface area (Å²) in [5.74, 6) is -0.692. The highest BCUT2D eigenvalue weighted by molar-refractivity contribution is 7.91. The van der Waals surface area contributed by atoms with Crippen molar-refractivity contribution in [3.63, 3.8) is 0 Å². The van der Waals surface area contributed by atoms with Gasteiger partial charge in [0, 0.05) is 18.8 Å². The lowest BCUT2D eigenvalue weighted by Crippen LogP contribution is -2.36. The monoisotopic (exact) mass is 287 g/mol. The van der Waals surface area contributed by atoms with Crippen molar-refractivity contribution in [2.24, 2.45) is 5.73 Å². The molecule has 2 rings (SSSR count). The Bertz CT molecular complexity index is 558. The van der Waals surface area contributed by atoms with Gasteiger partial charge in [-0.25, -0.2) is 12.8 Å². The molecule has 2 N–H and O–H groups in total. The number of nitrogens with two attached hydrogens (primary N) is 1. The van der Waals surface area contributed by atoms with Crippen LogP contribution < -0.4 is 5.73 Å². The Hall–Kier alpha value is -0.980. The van der Waals surface area contributed by atoms with Crippen molar-refractivity contribution in [1.29, 1.82) is 0 Å². The van der Waals surface area contributed by atoms with E-state index in [-0.39, 0.29) is 18.3 Å². The average molecular weight is 287 g/mol. The molecule has 19 heavy (non-hydrogen) atoms. The zero-order chi connectivity index (χ0) is 14.3. The Kier molecular flexibility index (Phi) is 3.68. The highest BCUT2D eigenvalue weighted by Crippen LogP contribution is 2.53. The molecule has 0 saturated heterocycles. The molecule has 0 aliphatic heterocycles. The van der Waals surface area contributed by atoms with E-state index in [1.807, 2.05) is 6.92 Å². The van der Waals surface area contributed by atoms with Crippen LogP contribution >= 0.6 is 0 Å². The molecule has 6 heteroatoms. The van der Waals surface area contributed by atoms with Gasteiger partial charge in [0.1, 0.15) is 5.82 Å². The van der Waals surface area contributed by atoms with E-state index in [1.165, 1.54) is 18.4 Å². The van der Waals surface area contributed by atoms with Crippen LogP contribution in [-0.2, 0) is 14.6 Å². The van der Waals surface area contributed by atoms with Crippen molar-refractivity contribution in [2.45, 2.75) is 23.6 Å². The number of ether oxygens (including phenoxy) is 1. The zero-order valence-corrected chi connectivity index (χ0v) is 11.8. The maximum atomic E-state index is 12.9. The fourth-order valence-corrected chi connectivity index (χ4v) is 4.51. The van der Waals surface area contributed by atoms with E-state index in [4.69, 9.17) is 10.5 Å². The fourth-order valence-electron chi connectivity index (χ4n) is 2.67. The van der Waals surface area contributed by atoms with Gasteiger partial charge in [0.15, 0.2) is 9.84 Å². The van der Waals surface area contributed by atoms with E-state index in [9.17, 15) is 12.8 Å². The van der Waals surface area contributed by atoms with Gasteiger partial charge in [-0.2, -0.15) is 0 Å². The van der Waals surface area contributed by atoms with Gasteiger partial charge in [0.05, 0.1) is 17.4 Å². The van der Waals surface area contributed by atoms with Gasteiger partial charge in [-0.1, -0.05) is 12.1 Å². The van der Waals surface area contributed by atoms with Crippen LogP contribution in [0.25, 0.3) is 0 Å². The number of halogens is 1. The van der Waals surface area contributed by atoms with E-state index in [0.29, 0.717) is 6.61 Å². The Labute approximate surface area is 112 Å². The van der Waals surface area contributed by atoms with Crippen molar-refractivity contribution in [2.75, 3.05) is 19.5 Å². The molecular weight excluding hydrogens is 269 g/mol. The van der Waals surface area contributed by atoms with Gasteiger partial charge in [-0.3, -0.25) is 0 Å². The van der Waals surface area contributed by atoms with Crippen molar-refractivity contribution < 1.29 is 17.5 Å². The molecule has 1 aromatic rings. The summed E-state index contributed by atoms with van der Waals surface area (Å²) in [5, 5.41) is -0.669. The topological polar surface area (TPSA) is 69.4 Å². The third-order valence-electron chi connectivity index (χ3n) is 3.55. The minimum Gasteiger partial charge on any atom is -0.380 e. The van der Waals surface area contributed by atoms with Crippen LogP contribution in [0.3, 0.4) is 0 Å². The quantitative estimate of drug-likeness (QED) is 0.879. The molecule has 106 valence electrons. The summed E-state index contributed by atoms with van der Waals surface area (Å²) in [4.78, 5) is 0. The number of rotatable bonds is 5. The van der Waals surface area contributed by atoms with Crippen molar-refractivity contribution >= 4 is 9.84 Å². The number of sulfone groups is 1. The number of hydrogen-bond acceptors (Lipinski definition) is 4. The van der Waals surface area contributed by atoms with Crippen LogP contribution in [0.1, 0.15) is 18.4 Å².